The van der Waals surface area contributed by atoms with Crippen LogP contribution in [0.4, 0.5) is 5.69 Å². The SMILES string of the molecule is CCN(CC)C(=O)CN(C(C)=O)c1ccccc1. The third-order valence-corrected chi connectivity index (χ3v) is 2.86. The standard InChI is InChI=1S/C14H20N2O2/c1-4-15(5-2)14(18)11-16(12(3)17)13-9-7-6-8-10-13/h6-10H,4-5,11H2,1-3H3. The van der Waals surface area contributed by atoms with Crippen molar-refractivity contribution in [3.63, 3.8) is 0 Å². The van der Waals surface area contributed by atoms with E-state index in [0.29, 0.717) is 13.1 Å². The minimum absolute atomic E-state index is 0.0287. The first kappa shape index (κ1) is 14.2. The molecule has 0 heterocycles. The zero-order valence-corrected chi connectivity index (χ0v) is 11.2. The van der Waals surface area contributed by atoms with E-state index in [4.69, 9.17) is 0 Å². The summed E-state index contributed by atoms with van der Waals surface area (Å²) in [6.45, 7) is 6.76. The summed E-state index contributed by atoms with van der Waals surface area (Å²) in [6.07, 6.45) is 0. The Morgan fingerprint density at radius 1 is 1.06 bits per heavy atom. The molecule has 0 aliphatic carbocycles. The van der Waals surface area contributed by atoms with Gasteiger partial charge in [0, 0.05) is 25.7 Å². The van der Waals surface area contributed by atoms with E-state index in [-0.39, 0.29) is 18.4 Å². The molecule has 2 amide bonds. The molecule has 0 aliphatic rings. The van der Waals surface area contributed by atoms with Crippen LogP contribution in [-0.4, -0.2) is 36.3 Å². The van der Waals surface area contributed by atoms with Crippen LogP contribution in [0.3, 0.4) is 0 Å². The van der Waals surface area contributed by atoms with Crippen molar-refractivity contribution in [3.8, 4) is 0 Å². The van der Waals surface area contributed by atoms with E-state index in [2.05, 4.69) is 0 Å². The molecule has 0 N–H and O–H groups in total. The number of anilines is 1. The number of para-hydroxylation sites is 1. The average molecular weight is 248 g/mol. The van der Waals surface area contributed by atoms with E-state index >= 15 is 0 Å². The second kappa shape index (κ2) is 6.79. The second-order valence-electron chi connectivity index (χ2n) is 4.01. The molecule has 1 aromatic carbocycles. The largest absolute Gasteiger partial charge is 0.342 e. The van der Waals surface area contributed by atoms with Crippen LogP contribution < -0.4 is 4.90 Å². The van der Waals surface area contributed by atoms with E-state index in [1.165, 1.54) is 11.8 Å². The molecule has 0 fully saturated rings. The number of amides is 2. The number of carbonyl (C=O) groups excluding carboxylic acids is 2. The van der Waals surface area contributed by atoms with Crippen LogP contribution in [0.15, 0.2) is 30.3 Å². The van der Waals surface area contributed by atoms with Crippen LogP contribution in [0, 0.1) is 0 Å². The zero-order valence-electron chi connectivity index (χ0n) is 11.2. The first-order chi connectivity index (χ1) is 8.60. The fourth-order valence-electron chi connectivity index (χ4n) is 1.80. The van der Waals surface area contributed by atoms with Gasteiger partial charge in [0.2, 0.25) is 11.8 Å². The minimum Gasteiger partial charge on any atom is -0.342 e. The lowest BCUT2D eigenvalue weighted by Gasteiger charge is -2.25. The molecule has 1 rings (SSSR count). The van der Waals surface area contributed by atoms with Gasteiger partial charge in [-0.3, -0.25) is 9.59 Å². The first-order valence-electron chi connectivity index (χ1n) is 6.21. The van der Waals surface area contributed by atoms with Crippen molar-refractivity contribution in [2.45, 2.75) is 20.8 Å². The van der Waals surface area contributed by atoms with Crippen molar-refractivity contribution in [2.24, 2.45) is 0 Å². The Labute approximate surface area is 108 Å². The second-order valence-corrected chi connectivity index (χ2v) is 4.01. The molecule has 0 bridgehead atoms. The van der Waals surface area contributed by atoms with Crippen molar-refractivity contribution in [1.29, 1.82) is 0 Å². The van der Waals surface area contributed by atoms with Gasteiger partial charge in [0.15, 0.2) is 0 Å². The van der Waals surface area contributed by atoms with Crippen LogP contribution >= 0.6 is 0 Å². The maximum Gasteiger partial charge on any atom is 0.242 e. The molecule has 0 radical (unpaired) electrons. The number of benzene rings is 1. The van der Waals surface area contributed by atoms with E-state index < -0.39 is 0 Å². The molecule has 0 aromatic heterocycles. The fraction of sp³-hybridized carbons (Fsp3) is 0.429. The van der Waals surface area contributed by atoms with E-state index in [1.54, 1.807) is 4.90 Å². The highest BCUT2D eigenvalue weighted by Crippen LogP contribution is 2.13. The molecule has 0 saturated carbocycles. The highest BCUT2D eigenvalue weighted by Gasteiger charge is 2.18. The number of carbonyl (C=O) groups is 2. The Hall–Kier alpha value is -1.84. The molecule has 4 nitrogen and oxygen atoms in total. The predicted molar refractivity (Wildman–Crippen MR) is 72.4 cm³/mol. The summed E-state index contributed by atoms with van der Waals surface area (Å²) in [5.74, 6) is -0.152. The number of rotatable bonds is 5. The van der Waals surface area contributed by atoms with Crippen molar-refractivity contribution < 1.29 is 9.59 Å². The van der Waals surface area contributed by atoms with Gasteiger partial charge in [0.05, 0.1) is 0 Å². The van der Waals surface area contributed by atoms with Gasteiger partial charge in [-0.15, -0.1) is 0 Å². The Bertz CT molecular complexity index is 400. The van der Waals surface area contributed by atoms with Gasteiger partial charge in [0.1, 0.15) is 6.54 Å². The van der Waals surface area contributed by atoms with Crippen LogP contribution in [0.1, 0.15) is 20.8 Å². The van der Waals surface area contributed by atoms with Crippen LogP contribution in [0.5, 0.6) is 0 Å². The predicted octanol–water partition coefficient (Wildman–Crippen LogP) is 1.91. The number of likely N-dealkylation sites (N-methyl/N-ethyl adjacent to an activating group) is 1. The topological polar surface area (TPSA) is 40.6 Å². The van der Waals surface area contributed by atoms with E-state index in [1.807, 2.05) is 44.2 Å². The Balaban J connectivity index is 2.82. The van der Waals surface area contributed by atoms with Gasteiger partial charge in [-0.1, -0.05) is 18.2 Å². The van der Waals surface area contributed by atoms with Crippen molar-refractivity contribution in [1.82, 2.24) is 4.90 Å². The molecule has 0 spiro atoms. The van der Waals surface area contributed by atoms with Gasteiger partial charge in [-0.05, 0) is 26.0 Å². The molecular formula is C14H20N2O2. The number of nitrogens with zero attached hydrogens (tertiary/aromatic N) is 2. The zero-order chi connectivity index (χ0) is 13.5. The quantitative estimate of drug-likeness (QED) is 0.798. The average Bonchev–Trinajstić information content (AvgIpc) is 2.38. The van der Waals surface area contributed by atoms with E-state index in [0.717, 1.165) is 5.69 Å². The van der Waals surface area contributed by atoms with Crippen LogP contribution in [-0.2, 0) is 9.59 Å². The fourth-order valence-corrected chi connectivity index (χ4v) is 1.80. The molecule has 0 aliphatic heterocycles. The maximum atomic E-state index is 12.0. The molecule has 98 valence electrons. The van der Waals surface area contributed by atoms with Crippen LogP contribution in [0.2, 0.25) is 0 Å². The van der Waals surface area contributed by atoms with Gasteiger partial charge in [-0.25, -0.2) is 0 Å². The molecule has 0 saturated heterocycles. The molecule has 18 heavy (non-hydrogen) atoms. The van der Waals surface area contributed by atoms with Gasteiger partial charge >= 0.3 is 0 Å². The van der Waals surface area contributed by atoms with Crippen molar-refractivity contribution in [3.05, 3.63) is 30.3 Å². The smallest absolute Gasteiger partial charge is 0.242 e. The molecule has 1 aromatic rings. The molecule has 4 heteroatoms. The number of hydrogen-bond donors (Lipinski definition) is 0. The lowest BCUT2D eigenvalue weighted by atomic mass is 10.2. The summed E-state index contributed by atoms with van der Waals surface area (Å²) in [7, 11) is 0. The number of hydrogen-bond acceptors (Lipinski definition) is 2. The summed E-state index contributed by atoms with van der Waals surface area (Å²) >= 11 is 0. The van der Waals surface area contributed by atoms with Gasteiger partial charge < -0.3 is 9.80 Å². The maximum absolute atomic E-state index is 12.0. The third kappa shape index (κ3) is 3.58. The minimum atomic E-state index is -0.123. The highest BCUT2D eigenvalue weighted by molar-refractivity contribution is 5.97. The summed E-state index contributed by atoms with van der Waals surface area (Å²) in [5.41, 5.74) is 0.755. The van der Waals surface area contributed by atoms with Gasteiger partial charge in [0.25, 0.3) is 0 Å². The van der Waals surface area contributed by atoms with Crippen molar-refractivity contribution in [2.75, 3.05) is 24.5 Å². The summed E-state index contributed by atoms with van der Waals surface area (Å²) in [5, 5.41) is 0. The van der Waals surface area contributed by atoms with Gasteiger partial charge in [-0.2, -0.15) is 0 Å². The lowest BCUT2D eigenvalue weighted by Crippen LogP contribution is -2.42. The highest BCUT2D eigenvalue weighted by atomic mass is 16.2. The molecule has 0 unspecified atom stereocenters. The molecular weight excluding hydrogens is 228 g/mol. The summed E-state index contributed by atoms with van der Waals surface area (Å²) in [6, 6.07) is 9.25. The molecule has 0 atom stereocenters. The first-order valence-corrected chi connectivity index (χ1v) is 6.21. The Morgan fingerprint density at radius 2 is 1.61 bits per heavy atom. The normalized spacial score (nSPS) is 9.94. The van der Waals surface area contributed by atoms with E-state index in [9.17, 15) is 9.59 Å². The summed E-state index contributed by atoms with van der Waals surface area (Å²) < 4.78 is 0. The van der Waals surface area contributed by atoms with Crippen molar-refractivity contribution >= 4 is 17.5 Å². The summed E-state index contributed by atoms with van der Waals surface area (Å²) in [4.78, 5) is 26.9. The Morgan fingerprint density at radius 3 is 2.06 bits per heavy atom. The monoisotopic (exact) mass is 248 g/mol. The Kier molecular flexibility index (Phi) is 5.36. The van der Waals surface area contributed by atoms with Crippen LogP contribution in [0.25, 0.3) is 0 Å². The lowest BCUT2D eigenvalue weighted by molar-refractivity contribution is -0.130. The third-order valence-electron chi connectivity index (χ3n) is 2.86.